The Morgan fingerprint density at radius 1 is 1.42 bits per heavy atom. The molecular formula is C15H21ClFNO. The number of rotatable bonds is 7. The number of hydrogen-bond donors (Lipinski definition) is 1. The molecule has 0 saturated carbocycles. The van der Waals surface area contributed by atoms with Gasteiger partial charge in [0, 0.05) is 18.1 Å². The lowest BCUT2D eigenvalue weighted by molar-refractivity contribution is 0.349. The fraction of sp³-hybridized carbons (Fsp3) is 0.467. The molecule has 1 rings (SSSR count). The fourth-order valence-electron chi connectivity index (χ4n) is 1.54. The van der Waals surface area contributed by atoms with E-state index in [1.54, 1.807) is 0 Å². The molecule has 0 aliphatic rings. The van der Waals surface area contributed by atoms with Crippen molar-refractivity contribution >= 4 is 11.6 Å². The first kappa shape index (κ1) is 16.0. The Labute approximate surface area is 119 Å². The molecule has 4 heteroatoms. The lowest BCUT2D eigenvalue weighted by Gasteiger charge is -2.10. The lowest BCUT2D eigenvalue weighted by Crippen LogP contribution is -2.19. The Morgan fingerprint density at radius 2 is 2.16 bits per heavy atom. The third-order valence-electron chi connectivity index (χ3n) is 2.47. The monoisotopic (exact) mass is 285 g/mol. The van der Waals surface area contributed by atoms with Crippen LogP contribution in [0.1, 0.15) is 26.3 Å². The molecule has 2 nitrogen and oxygen atoms in total. The molecule has 0 heterocycles. The maximum atomic E-state index is 13.5. The molecule has 0 aliphatic carbocycles. The number of benzene rings is 1. The second kappa shape index (κ2) is 8.18. The predicted octanol–water partition coefficient (Wildman–Crippen LogP) is 4.09. The van der Waals surface area contributed by atoms with Gasteiger partial charge in [-0.2, -0.15) is 0 Å². The highest BCUT2D eigenvalue weighted by molar-refractivity contribution is 6.25. The zero-order valence-electron chi connectivity index (χ0n) is 11.7. The molecule has 0 atom stereocenters. The molecule has 0 unspecified atom stereocenters. The number of halogens is 2. The van der Waals surface area contributed by atoms with Gasteiger partial charge in [-0.15, -0.1) is 0 Å². The van der Waals surface area contributed by atoms with Crippen molar-refractivity contribution in [2.75, 3.05) is 13.2 Å². The second-order valence-electron chi connectivity index (χ2n) is 5.06. The van der Waals surface area contributed by atoms with E-state index in [2.05, 4.69) is 19.2 Å². The van der Waals surface area contributed by atoms with Gasteiger partial charge in [0.2, 0.25) is 0 Å². The summed E-state index contributed by atoms with van der Waals surface area (Å²) in [5.41, 5.74) is 3.23. The standard InChI is InChI=1S/C15H21ClFNO/c1-11(2)8-18-9-13-4-14(17)6-15(5-13)19-10-12(3)7-16/h4-7,11,18H,8-10H2,1-3H3/b12-7+. The highest BCUT2D eigenvalue weighted by Gasteiger charge is 2.03. The number of hydrogen-bond acceptors (Lipinski definition) is 2. The van der Waals surface area contributed by atoms with Crippen LogP contribution >= 0.6 is 11.6 Å². The van der Waals surface area contributed by atoms with Crippen molar-refractivity contribution in [2.45, 2.75) is 27.3 Å². The van der Waals surface area contributed by atoms with Crippen LogP contribution in [0.5, 0.6) is 5.75 Å². The predicted molar refractivity (Wildman–Crippen MR) is 78.0 cm³/mol. The molecule has 0 aromatic heterocycles. The quantitative estimate of drug-likeness (QED) is 0.815. The summed E-state index contributed by atoms with van der Waals surface area (Å²) in [5.74, 6) is 0.811. The summed E-state index contributed by atoms with van der Waals surface area (Å²) in [6, 6.07) is 4.75. The maximum absolute atomic E-state index is 13.5. The Balaban J connectivity index is 2.60. The highest BCUT2D eigenvalue weighted by Crippen LogP contribution is 2.17. The number of nitrogens with one attached hydrogen (secondary N) is 1. The minimum atomic E-state index is -0.286. The molecule has 1 aromatic carbocycles. The molecule has 0 aliphatic heterocycles. The van der Waals surface area contributed by atoms with Gasteiger partial charge in [0.15, 0.2) is 0 Å². The molecule has 0 spiro atoms. The molecule has 19 heavy (non-hydrogen) atoms. The molecule has 0 saturated heterocycles. The van der Waals surface area contributed by atoms with E-state index in [0.29, 0.717) is 24.8 Å². The van der Waals surface area contributed by atoms with Gasteiger partial charge in [-0.1, -0.05) is 25.4 Å². The molecule has 0 fully saturated rings. The van der Waals surface area contributed by atoms with Crippen LogP contribution in [0, 0.1) is 11.7 Å². The van der Waals surface area contributed by atoms with Gasteiger partial charge in [-0.25, -0.2) is 4.39 Å². The van der Waals surface area contributed by atoms with Crippen LogP contribution in [-0.2, 0) is 6.54 Å². The molecule has 1 aromatic rings. The summed E-state index contributed by atoms with van der Waals surface area (Å²) >= 11 is 5.55. The van der Waals surface area contributed by atoms with Gasteiger partial charge in [-0.3, -0.25) is 0 Å². The van der Waals surface area contributed by atoms with E-state index in [4.69, 9.17) is 16.3 Å². The van der Waals surface area contributed by atoms with Crippen LogP contribution in [-0.4, -0.2) is 13.2 Å². The highest BCUT2D eigenvalue weighted by atomic mass is 35.5. The molecule has 0 radical (unpaired) electrons. The molecule has 0 bridgehead atoms. The van der Waals surface area contributed by atoms with Crippen LogP contribution < -0.4 is 10.1 Å². The third-order valence-corrected chi connectivity index (χ3v) is 2.84. The van der Waals surface area contributed by atoms with Crippen LogP contribution in [0.2, 0.25) is 0 Å². The Hall–Kier alpha value is -1.06. The normalized spacial score (nSPS) is 12.0. The van der Waals surface area contributed by atoms with Crippen molar-refractivity contribution in [1.29, 1.82) is 0 Å². The van der Waals surface area contributed by atoms with Crippen molar-refractivity contribution in [3.05, 3.63) is 40.7 Å². The van der Waals surface area contributed by atoms with E-state index in [9.17, 15) is 4.39 Å². The van der Waals surface area contributed by atoms with Crippen LogP contribution in [0.4, 0.5) is 4.39 Å². The average molecular weight is 286 g/mol. The largest absolute Gasteiger partial charge is 0.489 e. The van der Waals surface area contributed by atoms with E-state index in [-0.39, 0.29) is 5.82 Å². The van der Waals surface area contributed by atoms with Crippen molar-refractivity contribution < 1.29 is 9.13 Å². The summed E-state index contributed by atoms with van der Waals surface area (Å²) in [4.78, 5) is 0. The second-order valence-corrected chi connectivity index (χ2v) is 5.28. The Bertz CT molecular complexity index is 432. The van der Waals surface area contributed by atoms with Gasteiger partial charge in [-0.05, 0) is 42.7 Å². The summed E-state index contributed by atoms with van der Waals surface area (Å²) in [6.45, 7) is 8.03. The summed E-state index contributed by atoms with van der Waals surface area (Å²) in [5, 5.41) is 3.28. The average Bonchev–Trinajstić information content (AvgIpc) is 2.35. The topological polar surface area (TPSA) is 21.3 Å². The summed E-state index contributed by atoms with van der Waals surface area (Å²) in [7, 11) is 0. The minimum absolute atomic E-state index is 0.286. The first-order valence-electron chi connectivity index (χ1n) is 6.40. The van der Waals surface area contributed by atoms with Gasteiger partial charge in [0.1, 0.15) is 18.2 Å². The Kier molecular flexibility index (Phi) is 6.89. The zero-order chi connectivity index (χ0) is 14.3. The van der Waals surface area contributed by atoms with Crippen molar-refractivity contribution in [1.82, 2.24) is 5.32 Å². The molecule has 106 valence electrons. The first-order valence-corrected chi connectivity index (χ1v) is 6.83. The van der Waals surface area contributed by atoms with Gasteiger partial charge in [0.05, 0.1) is 0 Å². The van der Waals surface area contributed by atoms with E-state index in [1.165, 1.54) is 17.7 Å². The molecule has 0 amide bonds. The van der Waals surface area contributed by atoms with E-state index >= 15 is 0 Å². The fourth-order valence-corrected chi connectivity index (χ4v) is 1.60. The third kappa shape index (κ3) is 6.60. The maximum Gasteiger partial charge on any atom is 0.127 e. The van der Waals surface area contributed by atoms with Crippen molar-refractivity contribution in [2.24, 2.45) is 5.92 Å². The van der Waals surface area contributed by atoms with Crippen LogP contribution in [0.15, 0.2) is 29.3 Å². The molecular weight excluding hydrogens is 265 g/mol. The summed E-state index contributed by atoms with van der Waals surface area (Å²) < 4.78 is 19.0. The van der Waals surface area contributed by atoms with E-state index < -0.39 is 0 Å². The Morgan fingerprint density at radius 3 is 2.79 bits per heavy atom. The van der Waals surface area contributed by atoms with Crippen molar-refractivity contribution in [3.8, 4) is 5.75 Å². The lowest BCUT2D eigenvalue weighted by atomic mass is 10.2. The smallest absolute Gasteiger partial charge is 0.127 e. The van der Waals surface area contributed by atoms with Gasteiger partial charge < -0.3 is 10.1 Å². The van der Waals surface area contributed by atoms with Gasteiger partial charge in [0.25, 0.3) is 0 Å². The first-order chi connectivity index (χ1) is 9.01. The zero-order valence-corrected chi connectivity index (χ0v) is 12.4. The van der Waals surface area contributed by atoms with E-state index in [1.807, 2.05) is 13.0 Å². The van der Waals surface area contributed by atoms with Gasteiger partial charge >= 0.3 is 0 Å². The summed E-state index contributed by atoms with van der Waals surface area (Å²) in [6.07, 6.45) is 0. The minimum Gasteiger partial charge on any atom is -0.489 e. The molecule has 1 N–H and O–H groups in total. The van der Waals surface area contributed by atoms with Crippen molar-refractivity contribution in [3.63, 3.8) is 0 Å². The SMILES string of the molecule is C/C(=C\Cl)COc1cc(F)cc(CNCC(C)C)c1. The number of ether oxygens (including phenoxy) is 1. The van der Waals surface area contributed by atoms with E-state index in [0.717, 1.165) is 17.7 Å². The van der Waals surface area contributed by atoms with Crippen LogP contribution in [0.3, 0.4) is 0 Å². The van der Waals surface area contributed by atoms with Crippen LogP contribution in [0.25, 0.3) is 0 Å².